The molecule has 0 heterocycles. The highest BCUT2D eigenvalue weighted by atomic mass is 16.2. The number of amides is 2. The smallest absolute Gasteiger partial charge is 0.315 e. The summed E-state index contributed by atoms with van der Waals surface area (Å²) in [6.45, 7) is 0.911. The molecule has 0 aliphatic heterocycles. The molecule has 3 rings (SSSR count). The molecule has 0 aromatic rings. The molecular formula is C15H26N2O. The molecule has 3 fully saturated rings. The van der Waals surface area contributed by atoms with Gasteiger partial charge in [0, 0.05) is 12.6 Å². The summed E-state index contributed by atoms with van der Waals surface area (Å²) in [5.74, 6) is 2.63. The van der Waals surface area contributed by atoms with Gasteiger partial charge in [0.05, 0.1) is 0 Å². The molecule has 18 heavy (non-hydrogen) atoms. The summed E-state index contributed by atoms with van der Waals surface area (Å²) < 4.78 is 0. The molecule has 0 spiro atoms. The molecule has 3 heteroatoms. The van der Waals surface area contributed by atoms with E-state index in [2.05, 4.69) is 10.6 Å². The normalized spacial score (nSPS) is 25.2. The third kappa shape index (κ3) is 3.39. The fourth-order valence-corrected chi connectivity index (χ4v) is 3.46. The van der Waals surface area contributed by atoms with Crippen LogP contribution >= 0.6 is 0 Å². The lowest BCUT2D eigenvalue weighted by Gasteiger charge is -2.24. The van der Waals surface area contributed by atoms with Gasteiger partial charge >= 0.3 is 6.03 Å². The standard InChI is InChI=1S/C15H26N2O/c18-15(17-13-4-2-1-3-5-13)16-10-14(11-6-7-11)12-8-9-12/h11-14H,1-10H2,(H2,16,17,18). The van der Waals surface area contributed by atoms with Crippen LogP contribution in [-0.4, -0.2) is 18.6 Å². The zero-order chi connectivity index (χ0) is 12.4. The maximum absolute atomic E-state index is 11.9. The molecule has 0 unspecified atom stereocenters. The van der Waals surface area contributed by atoms with E-state index in [0.717, 1.165) is 24.3 Å². The Morgan fingerprint density at radius 3 is 2.11 bits per heavy atom. The number of nitrogens with one attached hydrogen (secondary N) is 2. The molecule has 3 aliphatic carbocycles. The molecule has 0 atom stereocenters. The van der Waals surface area contributed by atoms with Crippen LogP contribution in [0.1, 0.15) is 57.8 Å². The van der Waals surface area contributed by atoms with Gasteiger partial charge in [0.2, 0.25) is 0 Å². The van der Waals surface area contributed by atoms with Crippen molar-refractivity contribution in [2.45, 2.75) is 63.8 Å². The van der Waals surface area contributed by atoms with Crippen molar-refractivity contribution in [3.8, 4) is 0 Å². The summed E-state index contributed by atoms with van der Waals surface area (Å²) in [4.78, 5) is 11.9. The van der Waals surface area contributed by atoms with Gasteiger partial charge in [0.15, 0.2) is 0 Å². The van der Waals surface area contributed by atoms with Gasteiger partial charge in [-0.3, -0.25) is 0 Å². The highest BCUT2D eigenvalue weighted by Gasteiger charge is 2.41. The fourth-order valence-electron chi connectivity index (χ4n) is 3.46. The molecular weight excluding hydrogens is 224 g/mol. The second-order valence-electron chi connectivity index (χ2n) is 6.53. The highest BCUT2D eigenvalue weighted by Crippen LogP contribution is 2.48. The van der Waals surface area contributed by atoms with Crippen molar-refractivity contribution < 1.29 is 4.79 Å². The Hall–Kier alpha value is -0.730. The largest absolute Gasteiger partial charge is 0.338 e. The van der Waals surface area contributed by atoms with Crippen LogP contribution in [0.3, 0.4) is 0 Å². The molecule has 3 nitrogen and oxygen atoms in total. The third-order valence-corrected chi connectivity index (χ3v) is 4.89. The SMILES string of the molecule is O=C(NCC(C1CC1)C1CC1)NC1CCCCC1. The van der Waals surface area contributed by atoms with Gasteiger partial charge in [0.25, 0.3) is 0 Å². The lowest BCUT2D eigenvalue weighted by atomic mass is 9.95. The van der Waals surface area contributed by atoms with Crippen LogP contribution in [0.4, 0.5) is 4.79 Å². The summed E-state index contributed by atoms with van der Waals surface area (Å²) in [7, 11) is 0. The molecule has 102 valence electrons. The van der Waals surface area contributed by atoms with Crippen molar-refractivity contribution in [1.29, 1.82) is 0 Å². The first-order valence-corrected chi connectivity index (χ1v) is 7.87. The number of hydrogen-bond donors (Lipinski definition) is 2. The summed E-state index contributed by atoms with van der Waals surface area (Å²) in [6.07, 6.45) is 11.8. The Morgan fingerprint density at radius 2 is 1.56 bits per heavy atom. The minimum Gasteiger partial charge on any atom is -0.338 e. The number of carbonyl (C=O) groups excluding carboxylic acids is 1. The summed E-state index contributed by atoms with van der Waals surface area (Å²) in [5.41, 5.74) is 0. The first-order chi connectivity index (χ1) is 8.83. The van der Waals surface area contributed by atoms with E-state index in [1.807, 2.05) is 0 Å². The molecule has 0 aromatic carbocycles. The first kappa shape index (κ1) is 12.3. The Balaban J connectivity index is 1.37. The molecule has 2 N–H and O–H groups in total. The molecule has 0 bridgehead atoms. The summed E-state index contributed by atoms with van der Waals surface area (Å²) in [5, 5.41) is 6.27. The average Bonchev–Trinajstić information content (AvgIpc) is 3.25. The van der Waals surface area contributed by atoms with E-state index in [-0.39, 0.29) is 6.03 Å². The third-order valence-electron chi connectivity index (χ3n) is 4.89. The van der Waals surface area contributed by atoms with Crippen molar-refractivity contribution in [1.82, 2.24) is 10.6 Å². The van der Waals surface area contributed by atoms with Gasteiger partial charge in [-0.25, -0.2) is 4.79 Å². The summed E-state index contributed by atoms with van der Waals surface area (Å²) >= 11 is 0. The predicted octanol–water partition coefficient (Wildman–Crippen LogP) is 3.05. The van der Waals surface area contributed by atoms with Gasteiger partial charge in [-0.15, -0.1) is 0 Å². The fraction of sp³-hybridized carbons (Fsp3) is 0.933. The zero-order valence-corrected chi connectivity index (χ0v) is 11.3. The Labute approximate surface area is 110 Å². The lowest BCUT2D eigenvalue weighted by molar-refractivity contribution is 0.228. The highest BCUT2D eigenvalue weighted by molar-refractivity contribution is 5.74. The predicted molar refractivity (Wildman–Crippen MR) is 72.3 cm³/mol. The van der Waals surface area contributed by atoms with Crippen LogP contribution in [-0.2, 0) is 0 Å². The monoisotopic (exact) mass is 250 g/mol. The zero-order valence-electron chi connectivity index (χ0n) is 11.3. The first-order valence-electron chi connectivity index (χ1n) is 7.87. The molecule has 0 aromatic heterocycles. The molecule has 0 radical (unpaired) electrons. The van der Waals surface area contributed by atoms with E-state index in [4.69, 9.17) is 0 Å². The van der Waals surface area contributed by atoms with Crippen LogP contribution in [0, 0.1) is 17.8 Å². The molecule has 0 saturated heterocycles. The van der Waals surface area contributed by atoms with E-state index >= 15 is 0 Å². The van der Waals surface area contributed by atoms with Crippen LogP contribution in [0.25, 0.3) is 0 Å². The average molecular weight is 250 g/mol. The van der Waals surface area contributed by atoms with E-state index in [1.165, 1.54) is 57.8 Å². The van der Waals surface area contributed by atoms with Crippen LogP contribution in [0.5, 0.6) is 0 Å². The van der Waals surface area contributed by atoms with Gasteiger partial charge in [0.1, 0.15) is 0 Å². The van der Waals surface area contributed by atoms with Gasteiger partial charge in [-0.1, -0.05) is 19.3 Å². The number of carbonyl (C=O) groups is 1. The maximum atomic E-state index is 11.9. The Kier molecular flexibility index (Phi) is 3.76. The van der Waals surface area contributed by atoms with Crippen molar-refractivity contribution in [3.63, 3.8) is 0 Å². The van der Waals surface area contributed by atoms with Gasteiger partial charge < -0.3 is 10.6 Å². The lowest BCUT2D eigenvalue weighted by Crippen LogP contribution is -2.44. The summed E-state index contributed by atoms with van der Waals surface area (Å²) in [6, 6.07) is 0.507. The Morgan fingerprint density at radius 1 is 0.944 bits per heavy atom. The second-order valence-corrected chi connectivity index (χ2v) is 6.53. The number of urea groups is 1. The van der Waals surface area contributed by atoms with E-state index in [1.54, 1.807) is 0 Å². The number of rotatable bonds is 5. The minimum absolute atomic E-state index is 0.0770. The number of hydrogen-bond acceptors (Lipinski definition) is 1. The van der Waals surface area contributed by atoms with Gasteiger partial charge in [-0.05, 0) is 56.3 Å². The van der Waals surface area contributed by atoms with E-state index < -0.39 is 0 Å². The van der Waals surface area contributed by atoms with Gasteiger partial charge in [-0.2, -0.15) is 0 Å². The Bertz CT molecular complexity index is 279. The van der Waals surface area contributed by atoms with E-state index in [9.17, 15) is 4.79 Å². The maximum Gasteiger partial charge on any atom is 0.315 e. The van der Waals surface area contributed by atoms with Crippen molar-refractivity contribution in [2.24, 2.45) is 17.8 Å². The molecule has 2 amide bonds. The van der Waals surface area contributed by atoms with E-state index in [0.29, 0.717) is 6.04 Å². The van der Waals surface area contributed by atoms with Crippen LogP contribution < -0.4 is 10.6 Å². The quantitative estimate of drug-likeness (QED) is 0.773. The van der Waals surface area contributed by atoms with Crippen LogP contribution in [0.2, 0.25) is 0 Å². The van der Waals surface area contributed by atoms with Crippen molar-refractivity contribution >= 4 is 6.03 Å². The van der Waals surface area contributed by atoms with Crippen molar-refractivity contribution in [2.75, 3.05) is 6.54 Å². The molecule has 3 saturated carbocycles. The minimum atomic E-state index is 0.0770. The van der Waals surface area contributed by atoms with Crippen LogP contribution in [0.15, 0.2) is 0 Å². The van der Waals surface area contributed by atoms with Crippen molar-refractivity contribution in [3.05, 3.63) is 0 Å². The molecule has 3 aliphatic rings. The second kappa shape index (κ2) is 5.50. The topological polar surface area (TPSA) is 41.1 Å².